The topological polar surface area (TPSA) is 59.1 Å². The SMILES string of the molecule is COc1ccc(Nc2nc(NCc3ccccc3)c3ccccc3n2)cc1. The molecule has 0 saturated carbocycles. The summed E-state index contributed by atoms with van der Waals surface area (Å²) in [5.74, 6) is 2.17. The molecule has 0 amide bonds. The van der Waals surface area contributed by atoms with Crippen molar-refractivity contribution in [1.82, 2.24) is 9.97 Å². The number of hydrogen-bond acceptors (Lipinski definition) is 5. The monoisotopic (exact) mass is 356 g/mol. The van der Waals surface area contributed by atoms with Gasteiger partial charge in [-0.2, -0.15) is 4.98 Å². The Morgan fingerprint density at radius 2 is 1.56 bits per heavy atom. The first-order chi connectivity index (χ1) is 13.3. The number of aromatic nitrogens is 2. The summed E-state index contributed by atoms with van der Waals surface area (Å²) in [6, 6.07) is 25.9. The van der Waals surface area contributed by atoms with Gasteiger partial charge in [-0.05, 0) is 42.0 Å². The molecule has 4 aromatic rings. The minimum Gasteiger partial charge on any atom is -0.497 e. The molecule has 0 saturated heterocycles. The van der Waals surface area contributed by atoms with E-state index in [1.54, 1.807) is 7.11 Å². The number of fused-ring (bicyclic) bond motifs is 1. The lowest BCUT2D eigenvalue weighted by Gasteiger charge is -2.12. The van der Waals surface area contributed by atoms with Crippen LogP contribution in [0.1, 0.15) is 5.56 Å². The van der Waals surface area contributed by atoms with Crippen LogP contribution >= 0.6 is 0 Å². The molecule has 0 aliphatic rings. The summed E-state index contributed by atoms with van der Waals surface area (Å²) in [5, 5.41) is 7.70. The highest BCUT2D eigenvalue weighted by molar-refractivity contribution is 5.90. The molecule has 0 bridgehead atoms. The van der Waals surface area contributed by atoms with Crippen molar-refractivity contribution in [1.29, 1.82) is 0 Å². The molecule has 5 nitrogen and oxygen atoms in total. The highest BCUT2D eigenvalue weighted by atomic mass is 16.5. The van der Waals surface area contributed by atoms with Gasteiger partial charge >= 0.3 is 0 Å². The molecule has 0 spiro atoms. The van der Waals surface area contributed by atoms with Crippen molar-refractivity contribution in [2.75, 3.05) is 17.7 Å². The second-order valence-corrected chi connectivity index (χ2v) is 6.11. The van der Waals surface area contributed by atoms with Crippen LogP contribution in [0.2, 0.25) is 0 Å². The van der Waals surface area contributed by atoms with Gasteiger partial charge in [0.25, 0.3) is 0 Å². The van der Waals surface area contributed by atoms with E-state index in [0.29, 0.717) is 12.5 Å². The lowest BCUT2D eigenvalue weighted by molar-refractivity contribution is 0.415. The first-order valence-corrected chi connectivity index (χ1v) is 8.77. The van der Waals surface area contributed by atoms with Gasteiger partial charge in [-0.1, -0.05) is 42.5 Å². The molecule has 134 valence electrons. The van der Waals surface area contributed by atoms with Crippen molar-refractivity contribution >= 4 is 28.4 Å². The van der Waals surface area contributed by atoms with Gasteiger partial charge in [-0.3, -0.25) is 0 Å². The van der Waals surface area contributed by atoms with Crippen LogP contribution in [0.15, 0.2) is 78.9 Å². The number of hydrogen-bond donors (Lipinski definition) is 2. The second-order valence-electron chi connectivity index (χ2n) is 6.11. The molecule has 0 aliphatic carbocycles. The Bertz CT molecular complexity index is 1030. The molecule has 0 aliphatic heterocycles. The predicted molar refractivity (Wildman–Crippen MR) is 110 cm³/mol. The van der Waals surface area contributed by atoms with E-state index in [4.69, 9.17) is 4.74 Å². The molecule has 0 atom stereocenters. The Labute approximate surface area is 158 Å². The molecule has 1 heterocycles. The Kier molecular flexibility index (Phi) is 4.83. The molecule has 1 aromatic heterocycles. The molecule has 27 heavy (non-hydrogen) atoms. The number of anilines is 3. The van der Waals surface area contributed by atoms with Crippen LogP contribution in [0.3, 0.4) is 0 Å². The third kappa shape index (κ3) is 3.98. The summed E-state index contributed by atoms with van der Waals surface area (Å²) in [6.45, 7) is 0.698. The quantitative estimate of drug-likeness (QED) is 0.509. The Morgan fingerprint density at radius 1 is 0.815 bits per heavy atom. The van der Waals surface area contributed by atoms with Gasteiger partial charge in [0.15, 0.2) is 0 Å². The van der Waals surface area contributed by atoms with Gasteiger partial charge < -0.3 is 15.4 Å². The van der Waals surface area contributed by atoms with Crippen LogP contribution in [0, 0.1) is 0 Å². The molecule has 3 aromatic carbocycles. The summed E-state index contributed by atoms with van der Waals surface area (Å²) in [5.41, 5.74) is 2.99. The van der Waals surface area contributed by atoms with Crippen LogP contribution in [0.4, 0.5) is 17.5 Å². The van der Waals surface area contributed by atoms with E-state index in [1.165, 1.54) is 5.56 Å². The maximum Gasteiger partial charge on any atom is 0.229 e. The second kappa shape index (κ2) is 7.74. The summed E-state index contributed by atoms with van der Waals surface area (Å²) in [6.07, 6.45) is 0. The zero-order chi connectivity index (χ0) is 18.5. The van der Waals surface area contributed by atoms with E-state index in [2.05, 4.69) is 32.7 Å². The summed E-state index contributed by atoms with van der Waals surface area (Å²) >= 11 is 0. The van der Waals surface area contributed by atoms with Crippen LogP contribution in [-0.4, -0.2) is 17.1 Å². The number of rotatable bonds is 6. The smallest absolute Gasteiger partial charge is 0.229 e. The minimum absolute atomic E-state index is 0.550. The molecule has 0 fully saturated rings. The van der Waals surface area contributed by atoms with E-state index < -0.39 is 0 Å². The predicted octanol–water partition coefficient (Wildman–Crippen LogP) is 4.99. The van der Waals surface area contributed by atoms with E-state index in [1.807, 2.05) is 66.7 Å². The summed E-state index contributed by atoms with van der Waals surface area (Å²) in [4.78, 5) is 9.32. The fourth-order valence-corrected chi connectivity index (χ4v) is 2.85. The van der Waals surface area contributed by atoms with Gasteiger partial charge in [0.1, 0.15) is 11.6 Å². The van der Waals surface area contributed by atoms with E-state index in [9.17, 15) is 0 Å². The molecule has 4 rings (SSSR count). The molecule has 0 unspecified atom stereocenters. The molecular formula is C22H20N4O. The maximum absolute atomic E-state index is 5.20. The standard InChI is InChI=1S/C22H20N4O/c1-27-18-13-11-17(12-14-18)24-22-25-20-10-6-5-9-19(20)21(26-22)23-15-16-7-3-2-4-8-16/h2-14H,15H2,1H3,(H2,23,24,25,26). The normalized spacial score (nSPS) is 10.6. The number of methoxy groups -OCH3 is 1. The van der Waals surface area contributed by atoms with Gasteiger partial charge in [-0.15, -0.1) is 0 Å². The minimum atomic E-state index is 0.550. The van der Waals surface area contributed by atoms with Crippen molar-refractivity contribution in [3.63, 3.8) is 0 Å². The lowest BCUT2D eigenvalue weighted by atomic mass is 10.2. The van der Waals surface area contributed by atoms with Gasteiger partial charge in [-0.25, -0.2) is 4.98 Å². The summed E-state index contributed by atoms with van der Waals surface area (Å²) < 4.78 is 5.20. The lowest BCUT2D eigenvalue weighted by Crippen LogP contribution is -2.05. The Morgan fingerprint density at radius 3 is 2.33 bits per heavy atom. The molecular weight excluding hydrogens is 336 g/mol. The number of nitrogens with zero attached hydrogens (tertiary/aromatic N) is 2. The molecule has 0 radical (unpaired) electrons. The Balaban J connectivity index is 1.63. The largest absolute Gasteiger partial charge is 0.497 e. The Hall–Kier alpha value is -3.60. The van der Waals surface area contributed by atoms with Crippen molar-refractivity contribution in [2.45, 2.75) is 6.54 Å². The van der Waals surface area contributed by atoms with Crippen LogP contribution in [0.25, 0.3) is 10.9 Å². The third-order valence-corrected chi connectivity index (χ3v) is 4.25. The van der Waals surface area contributed by atoms with E-state index in [0.717, 1.165) is 28.2 Å². The number of nitrogens with one attached hydrogen (secondary N) is 2. The number of ether oxygens (including phenoxy) is 1. The van der Waals surface area contributed by atoms with Crippen LogP contribution in [-0.2, 0) is 6.54 Å². The van der Waals surface area contributed by atoms with Crippen molar-refractivity contribution in [3.8, 4) is 5.75 Å². The third-order valence-electron chi connectivity index (χ3n) is 4.25. The average molecular weight is 356 g/mol. The van der Waals surface area contributed by atoms with Gasteiger partial charge in [0.2, 0.25) is 5.95 Å². The van der Waals surface area contributed by atoms with Crippen LogP contribution < -0.4 is 15.4 Å². The van der Waals surface area contributed by atoms with E-state index in [-0.39, 0.29) is 0 Å². The van der Waals surface area contributed by atoms with Gasteiger partial charge in [0, 0.05) is 17.6 Å². The zero-order valence-electron chi connectivity index (χ0n) is 15.0. The van der Waals surface area contributed by atoms with Crippen molar-refractivity contribution < 1.29 is 4.74 Å². The fourth-order valence-electron chi connectivity index (χ4n) is 2.85. The fraction of sp³-hybridized carbons (Fsp3) is 0.0909. The highest BCUT2D eigenvalue weighted by Crippen LogP contribution is 2.24. The maximum atomic E-state index is 5.20. The van der Waals surface area contributed by atoms with Crippen molar-refractivity contribution in [3.05, 3.63) is 84.4 Å². The molecule has 2 N–H and O–H groups in total. The van der Waals surface area contributed by atoms with Crippen molar-refractivity contribution in [2.24, 2.45) is 0 Å². The average Bonchev–Trinajstić information content (AvgIpc) is 2.73. The van der Waals surface area contributed by atoms with E-state index >= 15 is 0 Å². The first-order valence-electron chi connectivity index (χ1n) is 8.77. The zero-order valence-corrected chi connectivity index (χ0v) is 15.0. The number of para-hydroxylation sites is 1. The molecule has 5 heteroatoms. The van der Waals surface area contributed by atoms with Crippen LogP contribution in [0.5, 0.6) is 5.75 Å². The number of benzene rings is 3. The summed E-state index contributed by atoms with van der Waals surface area (Å²) in [7, 11) is 1.65. The highest BCUT2D eigenvalue weighted by Gasteiger charge is 2.08. The first kappa shape index (κ1) is 16.8. The van der Waals surface area contributed by atoms with Gasteiger partial charge in [0.05, 0.1) is 12.6 Å².